The summed E-state index contributed by atoms with van der Waals surface area (Å²) in [6, 6.07) is 7.00. The second-order valence-corrected chi connectivity index (χ2v) is 5.92. The number of carbonyl (C=O) groups excluding carboxylic acids is 3. The number of hydrogen-bond donors (Lipinski definition) is 2. The molecule has 0 radical (unpaired) electrons. The molecule has 2 N–H and O–H groups in total. The van der Waals surface area contributed by atoms with Gasteiger partial charge in [0.15, 0.2) is 0 Å². The molecule has 0 saturated carbocycles. The Labute approximate surface area is 147 Å². The van der Waals surface area contributed by atoms with E-state index in [9.17, 15) is 14.4 Å². The molecular weight excluding hydrogens is 322 g/mol. The van der Waals surface area contributed by atoms with Gasteiger partial charge in [0.2, 0.25) is 5.91 Å². The van der Waals surface area contributed by atoms with Gasteiger partial charge in [0.1, 0.15) is 0 Å². The minimum Gasteiger partial charge on any atom is -0.466 e. The fraction of sp³-hybridized carbons (Fsp3) is 0.500. The van der Waals surface area contributed by atoms with Crippen LogP contribution in [0, 0.1) is 5.92 Å². The Hall–Kier alpha value is -2.57. The number of rotatable bonds is 6. The van der Waals surface area contributed by atoms with Crippen molar-refractivity contribution < 1.29 is 19.1 Å². The van der Waals surface area contributed by atoms with Crippen molar-refractivity contribution in [2.45, 2.75) is 19.8 Å². The summed E-state index contributed by atoms with van der Waals surface area (Å²) in [7, 11) is 1.58. The lowest BCUT2D eigenvalue weighted by atomic mass is 9.97. The van der Waals surface area contributed by atoms with Crippen molar-refractivity contribution in [2.24, 2.45) is 5.92 Å². The highest BCUT2D eigenvalue weighted by atomic mass is 16.5. The molecule has 1 aromatic carbocycles. The van der Waals surface area contributed by atoms with Crippen molar-refractivity contribution in [1.82, 2.24) is 10.2 Å². The molecule has 0 aromatic heterocycles. The normalized spacial score (nSPS) is 14.7. The Bertz CT molecular complexity index is 625. The number of hydrogen-bond acceptors (Lipinski definition) is 5. The van der Waals surface area contributed by atoms with E-state index in [1.54, 1.807) is 37.1 Å². The van der Waals surface area contributed by atoms with Crippen molar-refractivity contribution in [3.05, 3.63) is 29.8 Å². The van der Waals surface area contributed by atoms with Gasteiger partial charge >= 0.3 is 5.97 Å². The fourth-order valence-corrected chi connectivity index (χ4v) is 2.83. The molecule has 0 aliphatic carbocycles. The number of amides is 2. The van der Waals surface area contributed by atoms with Gasteiger partial charge in [-0.15, -0.1) is 0 Å². The number of ether oxygens (including phenoxy) is 1. The first-order valence-corrected chi connectivity index (χ1v) is 8.55. The monoisotopic (exact) mass is 347 g/mol. The highest BCUT2D eigenvalue weighted by Gasteiger charge is 2.27. The molecule has 7 nitrogen and oxygen atoms in total. The largest absolute Gasteiger partial charge is 0.466 e. The zero-order chi connectivity index (χ0) is 18.2. The van der Waals surface area contributed by atoms with E-state index in [0.717, 1.165) is 5.69 Å². The Morgan fingerprint density at radius 2 is 1.96 bits per heavy atom. The van der Waals surface area contributed by atoms with Gasteiger partial charge in [0.25, 0.3) is 5.91 Å². The molecule has 1 aromatic rings. The highest BCUT2D eigenvalue weighted by Crippen LogP contribution is 2.19. The Morgan fingerprint density at radius 3 is 2.60 bits per heavy atom. The maximum Gasteiger partial charge on any atom is 0.309 e. The summed E-state index contributed by atoms with van der Waals surface area (Å²) in [4.78, 5) is 37.4. The molecule has 2 amide bonds. The SMILES string of the molecule is CCOC(=O)C1CCN(C(=O)CNc2cccc(C(=O)NC)c2)CC1. The molecule has 0 unspecified atom stereocenters. The van der Waals surface area contributed by atoms with E-state index in [0.29, 0.717) is 38.1 Å². The predicted molar refractivity (Wildman–Crippen MR) is 94.3 cm³/mol. The van der Waals surface area contributed by atoms with Crippen LogP contribution >= 0.6 is 0 Å². The zero-order valence-electron chi connectivity index (χ0n) is 14.7. The molecule has 136 valence electrons. The van der Waals surface area contributed by atoms with Crippen LogP contribution in [0.3, 0.4) is 0 Å². The highest BCUT2D eigenvalue weighted by molar-refractivity contribution is 5.95. The van der Waals surface area contributed by atoms with E-state index in [1.807, 2.05) is 6.07 Å². The van der Waals surface area contributed by atoms with Crippen molar-refractivity contribution in [3.63, 3.8) is 0 Å². The third-order valence-corrected chi connectivity index (χ3v) is 4.26. The molecule has 0 spiro atoms. The lowest BCUT2D eigenvalue weighted by Crippen LogP contribution is -2.43. The summed E-state index contributed by atoms with van der Waals surface area (Å²) in [6.45, 7) is 3.45. The summed E-state index contributed by atoms with van der Waals surface area (Å²) < 4.78 is 5.03. The van der Waals surface area contributed by atoms with Gasteiger partial charge in [0.05, 0.1) is 19.1 Å². The Balaban J connectivity index is 1.81. The van der Waals surface area contributed by atoms with Crippen LogP contribution in [0.4, 0.5) is 5.69 Å². The number of carbonyl (C=O) groups is 3. The maximum absolute atomic E-state index is 12.3. The summed E-state index contributed by atoms with van der Waals surface area (Å²) in [5, 5.41) is 5.62. The quantitative estimate of drug-likeness (QED) is 0.757. The summed E-state index contributed by atoms with van der Waals surface area (Å²) in [5.74, 6) is -0.469. The number of anilines is 1. The molecule has 1 aliphatic heterocycles. The van der Waals surface area contributed by atoms with Gasteiger partial charge in [-0.05, 0) is 38.0 Å². The van der Waals surface area contributed by atoms with E-state index in [1.165, 1.54) is 0 Å². The van der Waals surface area contributed by atoms with Crippen LogP contribution in [0.25, 0.3) is 0 Å². The number of likely N-dealkylation sites (tertiary alicyclic amines) is 1. The third kappa shape index (κ3) is 5.20. The predicted octanol–water partition coefficient (Wildman–Crippen LogP) is 1.26. The summed E-state index contributed by atoms with van der Waals surface area (Å²) in [6.07, 6.45) is 1.27. The van der Waals surface area contributed by atoms with Gasteiger partial charge in [-0.25, -0.2) is 0 Å². The second-order valence-electron chi connectivity index (χ2n) is 5.92. The standard InChI is InChI=1S/C18H25N3O4/c1-3-25-18(24)13-7-9-21(10-8-13)16(22)12-20-15-6-4-5-14(11-15)17(23)19-2/h4-6,11,13,20H,3,7-10,12H2,1-2H3,(H,19,23). The average molecular weight is 347 g/mol. The van der Waals surface area contributed by atoms with E-state index in [2.05, 4.69) is 10.6 Å². The van der Waals surface area contributed by atoms with Gasteiger partial charge in [-0.3, -0.25) is 14.4 Å². The molecule has 25 heavy (non-hydrogen) atoms. The lowest BCUT2D eigenvalue weighted by Gasteiger charge is -2.31. The fourth-order valence-electron chi connectivity index (χ4n) is 2.83. The molecule has 1 fully saturated rings. The van der Waals surface area contributed by atoms with Gasteiger partial charge < -0.3 is 20.3 Å². The van der Waals surface area contributed by atoms with Crippen LogP contribution in [-0.4, -0.2) is 56.0 Å². The molecule has 1 heterocycles. The van der Waals surface area contributed by atoms with Crippen molar-refractivity contribution in [3.8, 4) is 0 Å². The second kappa shape index (κ2) is 9.05. The van der Waals surface area contributed by atoms with Crippen LogP contribution in [0.5, 0.6) is 0 Å². The van der Waals surface area contributed by atoms with Gasteiger partial charge in [-0.2, -0.15) is 0 Å². The van der Waals surface area contributed by atoms with Crippen molar-refractivity contribution >= 4 is 23.5 Å². The van der Waals surface area contributed by atoms with Crippen molar-refractivity contribution in [1.29, 1.82) is 0 Å². The number of nitrogens with one attached hydrogen (secondary N) is 2. The number of nitrogens with zero attached hydrogens (tertiary/aromatic N) is 1. The molecule has 0 atom stereocenters. The minimum atomic E-state index is -0.170. The van der Waals surface area contributed by atoms with Crippen molar-refractivity contribution in [2.75, 3.05) is 38.6 Å². The lowest BCUT2D eigenvalue weighted by molar-refractivity contribution is -0.151. The topological polar surface area (TPSA) is 87.7 Å². The first-order valence-electron chi connectivity index (χ1n) is 8.55. The van der Waals surface area contributed by atoms with Gasteiger partial charge in [-0.1, -0.05) is 6.07 Å². The molecule has 0 bridgehead atoms. The molecule has 2 rings (SSSR count). The first-order chi connectivity index (χ1) is 12.0. The number of esters is 1. The third-order valence-electron chi connectivity index (χ3n) is 4.26. The number of piperidine rings is 1. The van der Waals surface area contributed by atoms with Crippen LogP contribution < -0.4 is 10.6 Å². The van der Waals surface area contributed by atoms with E-state index in [4.69, 9.17) is 4.74 Å². The summed E-state index contributed by atoms with van der Waals surface area (Å²) in [5.41, 5.74) is 1.26. The van der Waals surface area contributed by atoms with Crippen LogP contribution in [0.1, 0.15) is 30.1 Å². The summed E-state index contributed by atoms with van der Waals surface area (Å²) >= 11 is 0. The van der Waals surface area contributed by atoms with E-state index < -0.39 is 0 Å². The molecule has 1 saturated heterocycles. The van der Waals surface area contributed by atoms with Crippen LogP contribution in [-0.2, 0) is 14.3 Å². The van der Waals surface area contributed by atoms with E-state index >= 15 is 0 Å². The Kier molecular flexibility index (Phi) is 6.80. The van der Waals surface area contributed by atoms with Gasteiger partial charge in [0, 0.05) is 31.4 Å². The molecule has 7 heteroatoms. The molecular formula is C18H25N3O4. The molecule has 1 aliphatic rings. The Morgan fingerprint density at radius 1 is 1.24 bits per heavy atom. The first kappa shape index (κ1) is 18.8. The average Bonchev–Trinajstić information content (AvgIpc) is 2.66. The van der Waals surface area contributed by atoms with E-state index in [-0.39, 0.29) is 30.2 Å². The number of benzene rings is 1. The smallest absolute Gasteiger partial charge is 0.309 e. The zero-order valence-corrected chi connectivity index (χ0v) is 14.7. The van der Waals surface area contributed by atoms with Crippen LogP contribution in [0.15, 0.2) is 24.3 Å². The van der Waals surface area contributed by atoms with Crippen LogP contribution in [0.2, 0.25) is 0 Å². The maximum atomic E-state index is 12.3. The minimum absolute atomic E-state index is 0.0207.